The van der Waals surface area contributed by atoms with Crippen molar-refractivity contribution in [1.29, 1.82) is 0 Å². The number of carbonyl (C=O) groups is 1. The monoisotopic (exact) mass is 356 g/mol. The van der Waals surface area contributed by atoms with E-state index in [2.05, 4.69) is 15.2 Å². The van der Waals surface area contributed by atoms with Crippen LogP contribution in [0.2, 0.25) is 0 Å². The minimum Gasteiger partial charge on any atom is -0.335 e. The van der Waals surface area contributed by atoms with Crippen LogP contribution in [-0.4, -0.2) is 47.0 Å². The molecule has 138 valence electrons. The Morgan fingerprint density at radius 3 is 2.62 bits per heavy atom. The van der Waals surface area contributed by atoms with E-state index in [9.17, 15) is 9.18 Å². The highest BCUT2D eigenvalue weighted by molar-refractivity contribution is 5.74. The molecule has 2 amide bonds. The first-order valence-corrected chi connectivity index (χ1v) is 8.98. The Balaban J connectivity index is 1.41. The Labute approximate surface area is 153 Å². The van der Waals surface area contributed by atoms with Crippen LogP contribution in [0.25, 0.3) is 0 Å². The molecule has 1 aromatic carbocycles. The lowest BCUT2D eigenvalue weighted by atomic mass is 10.0. The molecule has 1 saturated heterocycles. The molecule has 2 heterocycles. The van der Waals surface area contributed by atoms with Crippen LogP contribution in [0.1, 0.15) is 24.1 Å². The van der Waals surface area contributed by atoms with Gasteiger partial charge in [0.05, 0.1) is 12.2 Å². The molecule has 3 rings (SSSR count). The highest BCUT2D eigenvalue weighted by Gasteiger charge is 2.22. The summed E-state index contributed by atoms with van der Waals surface area (Å²) in [4.78, 5) is 20.6. The van der Waals surface area contributed by atoms with E-state index in [1.807, 2.05) is 30.3 Å². The second-order valence-electron chi connectivity index (χ2n) is 6.80. The van der Waals surface area contributed by atoms with E-state index in [0.717, 1.165) is 43.7 Å². The van der Waals surface area contributed by atoms with Crippen LogP contribution < -0.4 is 5.32 Å². The first-order valence-electron chi connectivity index (χ1n) is 8.98. The van der Waals surface area contributed by atoms with Crippen molar-refractivity contribution in [2.75, 3.05) is 20.1 Å². The Kier molecular flexibility index (Phi) is 6.17. The highest BCUT2D eigenvalue weighted by atomic mass is 19.1. The smallest absolute Gasteiger partial charge is 0.317 e. The van der Waals surface area contributed by atoms with Crippen LogP contribution >= 0.6 is 0 Å². The molecule has 0 radical (unpaired) electrons. The third-order valence-electron chi connectivity index (χ3n) is 4.71. The van der Waals surface area contributed by atoms with Crippen molar-refractivity contribution in [3.05, 3.63) is 65.7 Å². The van der Waals surface area contributed by atoms with E-state index in [4.69, 9.17) is 0 Å². The quantitative estimate of drug-likeness (QED) is 0.896. The zero-order chi connectivity index (χ0) is 18.4. The summed E-state index contributed by atoms with van der Waals surface area (Å²) in [5, 5.41) is 3.11. The van der Waals surface area contributed by atoms with Gasteiger partial charge in [-0.15, -0.1) is 0 Å². The van der Waals surface area contributed by atoms with Gasteiger partial charge in [0.2, 0.25) is 0 Å². The second kappa shape index (κ2) is 8.76. The molecule has 0 spiro atoms. The number of carbonyl (C=O) groups excluding carboxylic acids is 1. The number of rotatable bonds is 5. The fourth-order valence-electron chi connectivity index (χ4n) is 3.17. The lowest BCUT2D eigenvalue weighted by Gasteiger charge is -2.33. The van der Waals surface area contributed by atoms with Gasteiger partial charge in [0, 0.05) is 38.9 Å². The molecule has 0 bridgehead atoms. The number of hydrogen-bond donors (Lipinski definition) is 1. The van der Waals surface area contributed by atoms with Crippen molar-refractivity contribution in [3.63, 3.8) is 0 Å². The van der Waals surface area contributed by atoms with Crippen molar-refractivity contribution >= 4 is 6.03 Å². The van der Waals surface area contributed by atoms with E-state index >= 15 is 0 Å². The number of aromatic nitrogens is 1. The SMILES string of the molecule is CN(Cc1ccccn1)C(=O)NC1CCN(Cc2ccc(F)cc2)CC1. The van der Waals surface area contributed by atoms with Crippen molar-refractivity contribution in [3.8, 4) is 0 Å². The van der Waals surface area contributed by atoms with Gasteiger partial charge in [0.25, 0.3) is 0 Å². The maximum absolute atomic E-state index is 13.0. The minimum absolute atomic E-state index is 0.0624. The standard InChI is InChI=1S/C20H25FN4O/c1-24(15-19-4-2-3-11-22-19)20(26)23-18-9-12-25(13-10-18)14-16-5-7-17(21)8-6-16/h2-8,11,18H,9-10,12-15H2,1H3,(H,23,26). The lowest BCUT2D eigenvalue weighted by Crippen LogP contribution is -2.48. The number of hydrogen-bond acceptors (Lipinski definition) is 3. The van der Waals surface area contributed by atoms with Crippen LogP contribution in [0.15, 0.2) is 48.7 Å². The van der Waals surface area contributed by atoms with Gasteiger partial charge in [-0.25, -0.2) is 9.18 Å². The van der Waals surface area contributed by atoms with E-state index in [-0.39, 0.29) is 17.9 Å². The molecule has 5 nitrogen and oxygen atoms in total. The molecule has 1 fully saturated rings. The fraction of sp³-hybridized carbons (Fsp3) is 0.400. The number of benzene rings is 1. The first-order chi connectivity index (χ1) is 12.6. The molecule has 1 N–H and O–H groups in total. The molecule has 1 aliphatic heterocycles. The summed E-state index contributed by atoms with van der Waals surface area (Å²) >= 11 is 0. The molecule has 1 aliphatic rings. The van der Waals surface area contributed by atoms with E-state index in [1.54, 1.807) is 18.1 Å². The summed E-state index contributed by atoms with van der Waals surface area (Å²) < 4.78 is 13.0. The zero-order valence-electron chi connectivity index (χ0n) is 15.1. The normalized spacial score (nSPS) is 15.6. The fourth-order valence-corrected chi connectivity index (χ4v) is 3.17. The molecule has 0 atom stereocenters. The number of nitrogens with one attached hydrogen (secondary N) is 1. The third-order valence-corrected chi connectivity index (χ3v) is 4.71. The molecular formula is C20H25FN4O. The van der Waals surface area contributed by atoms with E-state index in [0.29, 0.717) is 6.54 Å². The van der Waals surface area contributed by atoms with Crippen LogP contribution in [0.3, 0.4) is 0 Å². The van der Waals surface area contributed by atoms with Gasteiger partial charge in [-0.2, -0.15) is 0 Å². The van der Waals surface area contributed by atoms with Crippen LogP contribution in [0, 0.1) is 5.82 Å². The average Bonchev–Trinajstić information content (AvgIpc) is 2.66. The average molecular weight is 356 g/mol. The maximum Gasteiger partial charge on any atom is 0.317 e. The molecular weight excluding hydrogens is 331 g/mol. The molecule has 0 unspecified atom stereocenters. The molecule has 6 heteroatoms. The maximum atomic E-state index is 13.0. The predicted octanol–water partition coefficient (Wildman–Crippen LogP) is 3.03. The van der Waals surface area contributed by atoms with Crippen LogP contribution in [0.5, 0.6) is 0 Å². The van der Waals surface area contributed by atoms with Crippen molar-refractivity contribution < 1.29 is 9.18 Å². The van der Waals surface area contributed by atoms with Crippen LogP contribution in [-0.2, 0) is 13.1 Å². The highest BCUT2D eigenvalue weighted by Crippen LogP contribution is 2.15. The summed E-state index contributed by atoms with van der Waals surface area (Å²) in [5.74, 6) is -0.204. The number of urea groups is 1. The van der Waals surface area contributed by atoms with Gasteiger partial charge in [-0.3, -0.25) is 9.88 Å². The Bertz CT molecular complexity index is 700. The second-order valence-corrected chi connectivity index (χ2v) is 6.80. The lowest BCUT2D eigenvalue weighted by molar-refractivity contribution is 0.173. The van der Waals surface area contributed by atoms with Crippen LogP contribution in [0.4, 0.5) is 9.18 Å². The number of piperidine rings is 1. The minimum atomic E-state index is -0.204. The van der Waals surface area contributed by atoms with Gasteiger partial charge >= 0.3 is 6.03 Å². The molecule has 0 aliphatic carbocycles. The number of amides is 2. The summed E-state index contributed by atoms with van der Waals surface area (Å²) in [7, 11) is 1.79. The molecule has 26 heavy (non-hydrogen) atoms. The van der Waals surface area contributed by atoms with Crippen molar-refractivity contribution in [2.24, 2.45) is 0 Å². The van der Waals surface area contributed by atoms with Gasteiger partial charge < -0.3 is 10.2 Å². The first kappa shape index (κ1) is 18.3. The molecule has 1 aromatic heterocycles. The van der Waals surface area contributed by atoms with Gasteiger partial charge in [0.1, 0.15) is 5.82 Å². The van der Waals surface area contributed by atoms with E-state index in [1.165, 1.54) is 12.1 Å². The van der Waals surface area contributed by atoms with E-state index < -0.39 is 0 Å². The van der Waals surface area contributed by atoms with Gasteiger partial charge in [-0.1, -0.05) is 18.2 Å². The Morgan fingerprint density at radius 1 is 1.23 bits per heavy atom. The Morgan fingerprint density at radius 2 is 1.96 bits per heavy atom. The topological polar surface area (TPSA) is 48.5 Å². The predicted molar refractivity (Wildman–Crippen MR) is 98.9 cm³/mol. The number of likely N-dealkylation sites (tertiary alicyclic amines) is 1. The largest absolute Gasteiger partial charge is 0.335 e. The summed E-state index contributed by atoms with van der Waals surface area (Å²) in [6.07, 6.45) is 3.58. The van der Waals surface area contributed by atoms with Gasteiger partial charge in [-0.05, 0) is 42.7 Å². The number of pyridine rings is 1. The number of nitrogens with zero attached hydrogens (tertiary/aromatic N) is 3. The third kappa shape index (κ3) is 5.26. The molecule has 2 aromatic rings. The Hall–Kier alpha value is -2.47. The summed E-state index contributed by atoms with van der Waals surface area (Å²) in [6, 6.07) is 12.5. The zero-order valence-corrected chi connectivity index (χ0v) is 15.1. The summed E-state index contributed by atoms with van der Waals surface area (Å²) in [5.41, 5.74) is 1.99. The number of halogens is 1. The summed E-state index contributed by atoms with van der Waals surface area (Å²) in [6.45, 7) is 3.16. The molecule has 0 saturated carbocycles. The van der Waals surface area contributed by atoms with Gasteiger partial charge in [0.15, 0.2) is 0 Å². The van der Waals surface area contributed by atoms with Crippen molar-refractivity contribution in [2.45, 2.75) is 32.0 Å². The van der Waals surface area contributed by atoms with Crippen molar-refractivity contribution in [1.82, 2.24) is 20.1 Å².